The van der Waals surface area contributed by atoms with E-state index in [1.165, 1.54) is 12.1 Å². The Bertz CT molecular complexity index is 1130. The fraction of sp³-hybridized carbons (Fsp3) is 0.421. The lowest BCUT2D eigenvalue weighted by molar-refractivity contribution is 0.0920. The van der Waals surface area contributed by atoms with Crippen LogP contribution in [0.15, 0.2) is 35.2 Å². The van der Waals surface area contributed by atoms with Crippen LogP contribution < -0.4 is 4.74 Å². The highest BCUT2D eigenvalue weighted by Crippen LogP contribution is 2.29. The molecule has 0 N–H and O–H groups in total. The average Bonchev–Trinajstić information content (AvgIpc) is 3.10. The van der Waals surface area contributed by atoms with Crippen LogP contribution in [0.2, 0.25) is 0 Å². The number of nitrogens with zero attached hydrogens (tertiary/aromatic N) is 1. The summed E-state index contributed by atoms with van der Waals surface area (Å²) >= 11 is 0. The van der Waals surface area contributed by atoms with Gasteiger partial charge in [0.25, 0.3) is 0 Å². The number of ketones is 1. The van der Waals surface area contributed by atoms with E-state index in [1.54, 1.807) is 25.1 Å². The molecule has 7 nitrogen and oxygen atoms in total. The Morgan fingerprint density at radius 1 is 1.25 bits per heavy atom. The molecule has 0 saturated carbocycles. The number of rotatable bonds is 6. The minimum Gasteiger partial charge on any atom is -0.485 e. The predicted molar refractivity (Wildman–Crippen MR) is 106 cm³/mol. The van der Waals surface area contributed by atoms with E-state index in [1.807, 2.05) is 11.5 Å². The molecule has 2 heterocycles. The van der Waals surface area contributed by atoms with Crippen LogP contribution in [0.4, 0.5) is 0 Å². The molecule has 0 amide bonds. The first-order chi connectivity index (χ1) is 13.0. The molecule has 0 spiro atoms. The van der Waals surface area contributed by atoms with Gasteiger partial charge in [-0.3, -0.25) is 4.79 Å². The highest BCUT2D eigenvalue weighted by atomic mass is 32.2. The Morgan fingerprint density at radius 2 is 1.96 bits per heavy atom. The Labute approximate surface area is 165 Å². The number of hydrogen-bond donors (Lipinski definition) is 0. The van der Waals surface area contributed by atoms with Crippen LogP contribution in [0, 0.1) is 13.8 Å². The lowest BCUT2D eigenvalue weighted by atomic mass is 10.1. The number of hydrogen-bond acceptors (Lipinski definition) is 6. The van der Waals surface area contributed by atoms with E-state index in [0.717, 1.165) is 17.6 Å². The number of aromatic nitrogens is 1. The van der Waals surface area contributed by atoms with E-state index < -0.39 is 19.7 Å². The molecule has 1 atom stereocenters. The lowest BCUT2D eigenvalue weighted by Crippen LogP contribution is -2.16. The van der Waals surface area contributed by atoms with E-state index in [4.69, 9.17) is 4.74 Å². The summed E-state index contributed by atoms with van der Waals surface area (Å²) in [6, 6.07) is 7.59. The van der Waals surface area contributed by atoms with Crippen molar-refractivity contribution in [2.45, 2.75) is 31.2 Å². The SMILES string of the molecule is Cc1cc(C(=O)COc2cccc(S(C)(=O)=O)c2)c(C)n1[C@@H]1CCS(=O)(=O)C1. The minimum absolute atomic E-state index is 0.0891. The molecule has 1 aromatic carbocycles. The standard InChI is InChI=1S/C19H23NO6S2/c1-13-9-18(14(2)20(13)15-7-8-28(24,25)12-15)19(21)11-26-16-5-4-6-17(10-16)27(3,22)23/h4-6,9-10,15H,7-8,11-12H2,1-3H3/t15-/m1/s1. The van der Waals surface area contributed by atoms with Crippen LogP contribution in [0.5, 0.6) is 5.75 Å². The summed E-state index contributed by atoms with van der Waals surface area (Å²) in [6.45, 7) is 3.42. The second-order valence-corrected chi connectivity index (χ2v) is 11.4. The molecule has 152 valence electrons. The number of Topliss-reactive ketones (excluding diaryl/α,β-unsaturated/α-hetero) is 1. The molecule has 3 rings (SSSR count). The molecule has 1 fully saturated rings. The van der Waals surface area contributed by atoms with Gasteiger partial charge in [-0.2, -0.15) is 0 Å². The van der Waals surface area contributed by atoms with Crippen LogP contribution in [0.3, 0.4) is 0 Å². The van der Waals surface area contributed by atoms with Gasteiger partial charge < -0.3 is 9.30 Å². The van der Waals surface area contributed by atoms with Crippen molar-refractivity contribution >= 4 is 25.5 Å². The summed E-state index contributed by atoms with van der Waals surface area (Å²) in [6.07, 6.45) is 1.65. The van der Waals surface area contributed by atoms with Crippen molar-refractivity contribution in [2.75, 3.05) is 24.4 Å². The van der Waals surface area contributed by atoms with Gasteiger partial charge in [0, 0.05) is 29.2 Å². The van der Waals surface area contributed by atoms with Crippen molar-refractivity contribution in [2.24, 2.45) is 0 Å². The predicted octanol–water partition coefficient (Wildman–Crippen LogP) is 2.13. The molecule has 0 bridgehead atoms. The third kappa shape index (κ3) is 4.30. The molecule has 1 aliphatic rings. The van der Waals surface area contributed by atoms with Gasteiger partial charge in [0.15, 0.2) is 26.3 Å². The largest absolute Gasteiger partial charge is 0.485 e. The van der Waals surface area contributed by atoms with E-state index in [-0.39, 0.29) is 34.8 Å². The van der Waals surface area contributed by atoms with Gasteiger partial charge in [-0.05, 0) is 44.5 Å². The van der Waals surface area contributed by atoms with Crippen molar-refractivity contribution in [3.8, 4) is 5.75 Å². The number of aryl methyl sites for hydroxylation is 1. The second-order valence-electron chi connectivity index (χ2n) is 7.17. The molecule has 28 heavy (non-hydrogen) atoms. The van der Waals surface area contributed by atoms with E-state index in [0.29, 0.717) is 17.7 Å². The van der Waals surface area contributed by atoms with E-state index in [2.05, 4.69) is 0 Å². The lowest BCUT2D eigenvalue weighted by Gasteiger charge is -2.16. The zero-order valence-corrected chi connectivity index (χ0v) is 17.6. The summed E-state index contributed by atoms with van der Waals surface area (Å²) in [7, 11) is -6.39. The number of carbonyl (C=O) groups excluding carboxylic acids is 1. The molecule has 2 aromatic rings. The fourth-order valence-electron chi connectivity index (χ4n) is 3.62. The minimum atomic E-state index is -3.36. The molecule has 1 saturated heterocycles. The topological polar surface area (TPSA) is 99.5 Å². The average molecular weight is 426 g/mol. The highest BCUT2D eigenvalue weighted by molar-refractivity contribution is 7.91. The quantitative estimate of drug-likeness (QED) is 0.658. The summed E-state index contributed by atoms with van der Waals surface area (Å²) < 4.78 is 54.3. The Balaban J connectivity index is 1.76. The Hall–Kier alpha value is -2.13. The second kappa shape index (κ2) is 7.36. The normalized spacial score (nSPS) is 18.9. The maximum Gasteiger partial charge on any atom is 0.202 e. The summed E-state index contributed by atoms with van der Waals surface area (Å²) in [5.74, 6) is 0.306. The van der Waals surface area contributed by atoms with Crippen molar-refractivity contribution in [3.05, 3.63) is 47.3 Å². The Kier molecular flexibility index (Phi) is 5.42. The van der Waals surface area contributed by atoms with Gasteiger partial charge in [0.1, 0.15) is 5.75 Å². The zero-order chi connectivity index (χ0) is 20.7. The van der Waals surface area contributed by atoms with Crippen molar-refractivity contribution in [1.29, 1.82) is 0 Å². The third-order valence-electron chi connectivity index (χ3n) is 4.96. The van der Waals surface area contributed by atoms with Crippen LogP contribution in [0.1, 0.15) is 34.2 Å². The first-order valence-corrected chi connectivity index (χ1v) is 12.5. The zero-order valence-electron chi connectivity index (χ0n) is 16.0. The highest BCUT2D eigenvalue weighted by Gasteiger charge is 2.31. The van der Waals surface area contributed by atoms with Crippen LogP contribution in [-0.2, 0) is 19.7 Å². The molecule has 0 unspecified atom stereocenters. The molecule has 1 aliphatic heterocycles. The van der Waals surface area contributed by atoms with Gasteiger partial charge in [0.2, 0.25) is 5.78 Å². The number of carbonyl (C=O) groups is 1. The first kappa shape index (κ1) is 20.6. The molecular weight excluding hydrogens is 402 g/mol. The summed E-state index contributed by atoms with van der Waals surface area (Å²) in [5, 5.41) is 0. The maximum absolute atomic E-state index is 12.7. The smallest absolute Gasteiger partial charge is 0.202 e. The molecule has 0 aliphatic carbocycles. The van der Waals surface area contributed by atoms with Gasteiger partial charge in [-0.1, -0.05) is 6.07 Å². The molecule has 9 heteroatoms. The van der Waals surface area contributed by atoms with Gasteiger partial charge in [0.05, 0.1) is 16.4 Å². The number of ether oxygens (including phenoxy) is 1. The first-order valence-electron chi connectivity index (χ1n) is 8.83. The number of benzene rings is 1. The molecule has 1 aromatic heterocycles. The van der Waals surface area contributed by atoms with Crippen molar-refractivity contribution in [3.63, 3.8) is 0 Å². The number of sulfone groups is 2. The Morgan fingerprint density at radius 3 is 2.57 bits per heavy atom. The molecular formula is C19H23NO6S2. The summed E-state index contributed by atoms with van der Waals surface area (Å²) in [4.78, 5) is 12.8. The summed E-state index contributed by atoms with van der Waals surface area (Å²) in [5.41, 5.74) is 2.04. The fourth-order valence-corrected chi connectivity index (χ4v) is 5.98. The van der Waals surface area contributed by atoms with Crippen LogP contribution in [-0.4, -0.2) is 51.6 Å². The van der Waals surface area contributed by atoms with Crippen molar-refractivity contribution < 1.29 is 26.4 Å². The van der Waals surface area contributed by atoms with E-state index in [9.17, 15) is 21.6 Å². The van der Waals surface area contributed by atoms with Crippen LogP contribution in [0.25, 0.3) is 0 Å². The third-order valence-corrected chi connectivity index (χ3v) is 7.82. The van der Waals surface area contributed by atoms with Gasteiger partial charge in [-0.25, -0.2) is 16.8 Å². The molecule has 0 radical (unpaired) electrons. The van der Waals surface area contributed by atoms with Gasteiger partial charge >= 0.3 is 0 Å². The van der Waals surface area contributed by atoms with Crippen LogP contribution >= 0.6 is 0 Å². The van der Waals surface area contributed by atoms with Gasteiger partial charge in [-0.15, -0.1) is 0 Å². The van der Waals surface area contributed by atoms with Crippen molar-refractivity contribution in [1.82, 2.24) is 4.57 Å². The van der Waals surface area contributed by atoms with E-state index >= 15 is 0 Å². The monoisotopic (exact) mass is 425 g/mol. The maximum atomic E-state index is 12.7.